The minimum Gasteiger partial charge on any atom is -0.336 e. The molecule has 4 nitrogen and oxygen atoms in total. The van der Waals surface area contributed by atoms with Gasteiger partial charge in [-0.2, -0.15) is 18.3 Å². The lowest BCUT2D eigenvalue weighted by Crippen LogP contribution is -2.28. The van der Waals surface area contributed by atoms with Crippen LogP contribution in [0.4, 0.5) is 13.2 Å². The van der Waals surface area contributed by atoms with Crippen molar-refractivity contribution in [3.63, 3.8) is 0 Å². The van der Waals surface area contributed by atoms with Crippen LogP contribution in [0.1, 0.15) is 39.3 Å². The Bertz CT molecular complexity index is 1040. The number of rotatable bonds is 4. The molecule has 0 bridgehead atoms. The number of carbonyl (C=O) groups is 1. The summed E-state index contributed by atoms with van der Waals surface area (Å²) >= 11 is 0. The Kier molecular flexibility index (Phi) is 4.90. The Balaban J connectivity index is 1.65. The van der Waals surface area contributed by atoms with Gasteiger partial charge in [-0.05, 0) is 43.0 Å². The van der Waals surface area contributed by atoms with E-state index in [2.05, 4.69) is 5.10 Å². The van der Waals surface area contributed by atoms with Gasteiger partial charge in [0.05, 0.1) is 11.3 Å². The number of carbonyl (C=O) groups excluding carboxylic acids is 1. The number of fused-ring (bicyclic) bond motifs is 1. The molecule has 4 rings (SSSR count). The monoisotopic (exact) mass is 399 g/mol. The van der Waals surface area contributed by atoms with E-state index in [1.54, 1.807) is 10.7 Å². The van der Waals surface area contributed by atoms with Crippen LogP contribution in [-0.4, -0.2) is 27.6 Å². The molecule has 0 spiro atoms. The van der Waals surface area contributed by atoms with Gasteiger partial charge in [0, 0.05) is 24.8 Å². The van der Waals surface area contributed by atoms with Crippen LogP contribution in [0.2, 0.25) is 0 Å². The van der Waals surface area contributed by atoms with Gasteiger partial charge in [-0.1, -0.05) is 36.4 Å². The minimum absolute atomic E-state index is 0.0648. The second-order valence-electron chi connectivity index (χ2n) is 7.19. The van der Waals surface area contributed by atoms with Gasteiger partial charge in [-0.25, -0.2) is 4.68 Å². The molecule has 0 N–H and O–H groups in total. The number of para-hydroxylation sites is 1. The van der Waals surface area contributed by atoms with E-state index in [-0.39, 0.29) is 18.0 Å². The van der Waals surface area contributed by atoms with Gasteiger partial charge in [0.15, 0.2) is 5.69 Å². The lowest BCUT2D eigenvalue weighted by atomic mass is 10.1. The molecule has 1 amide bonds. The maximum absolute atomic E-state index is 13.3. The van der Waals surface area contributed by atoms with Crippen molar-refractivity contribution >= 4 is 5.91 Å². The predicted molar refractivity (Wildman–Crippen MR) is 103 cm³/mol. The summed E-state index contributed by atoms with van der Waals surface area (Å²) in [5.74, 6) is -0.366. The first-order valence-corrected chi connectivity index (χ1v) is 9.43. The van der Waals surface area contributed by atoms with Crippen LogP contribution >= 0.6 is 0 Å². The van der Waals surface area contributed by atoms with Crippen LogP contribution in [0.3, 0.4) is 0 Å². The number of benzene rings is 2. The van der Waals surface area contributed by atoms with Crippen molar-refractivity contribution in [2.45, 2.75) is 32.0 Å². The number of aromatic nitrogens is 2. The molecule has 0 fully saturated rings. The molecular formula is C22H20F3N3O. The molecule has 1 aliphatic carbocycles. The zero-order chi connectivity index (χ0) is 20.6. The normalized spacial score (nSPS) is 13.4. The quantitative estimate of drug-likeness (QED) is 0.640. The fourth-order valence-corrected chi connectivity index (χ4v) is 3.83. The molecule has 0 aliphatic heterocycles. The number of alkyl halides is 3. The summed E-state index contributed by atoms with van der Waals surface area (Å²) in [5, 5.41) is 4.54. The second-order valence-corrected chi connectivity index (χ2v) is 7.19. The van der Waals surface area contributed by atoms with Crippen molar-refractivity contribution in [1.29, 1.82) is 0 Å². The van der Waals surface area contributed by atoms with Gasteiger partial charge in [-0.3, -0.25) is 4.79 Å². The Morgan fingerprint density at radius 1 is 1.07 bits per heavy atom. The molecule has 1 aromatic heterocycles. The molecule has 0 radical (unpaired) electrons. The number of amides is 1. The molecular weight excluding hydrogens is 379 g/mol. The van der Waals surface area contributed by atoms with Gasteiger partial charge >= 0.3 is 6.18 Å². The fourth-order valence-electron chi connectivity index (χ4n) is 3.83. The zero-order valence-corrected chi connectivity index (χ0v) is 15.9. The Hall–Kier alpha value is -3.09. The number of hydrogen-bond donors (Lipinski definition) is 0. The zero-order valence-electron chi connectivity index (χ0n) is 15.9. The highest BCUT2D eigenvalue weighted by atomic mass is 19.4. The Morgan fingerprint density at radius 2 is 1.76 bits per heavy atom. The third-order valence-corrected chi connectivity index (χ3v) is 5.21. The molecule has 2 aromatic carbocycles. The number of halogens is 3. The molecule has 0 saturated carbocycles. The van der Waals surface area contributed by atoms with E-state index in [1.165, 1.54) is 24.1 Å². The van der Waals surface area contributed by atoms with Crippen LogP contribution in [0.15, 0.2) is 54.6 Å². The SMILES string of the molecule is CN(Cc1ccccc1C(F)(F)F)C(=O)c1nn(-c2ccccc2)c2c1CCC2. The summed E-state index contributed by atoms with van der Waals surface area (Å²) in [4.78, 5) is 14.4. The average Bonchev–Trinajstić information content (AvgIpc) is 3.30. The van der Waals surface area contributed by atoms with Crippen LogP contribution in [0, 0.1) is 0 Å². The smallest absolute Gasteiger partial charge is 0.336 e. The summed E-state index contributed by atoms with van der Waals surface area (Å²) < 4.78 is 41.6. The van der Waals surface area contributed by atoms with Crippen molar-refractivity contribution in [1.82, 2.24) is 14.7 Å². The van der Waals surface area contributed by atoms with Crippen LogP contribution in [-0.2, 0) is 25.6 Å². The number of hydrogen-bond acceptors (Lipinski definition) is 2. The van der Waals surface area contributed by atoms with Gasteiger partial charge in [0.2, 0.25) is 0 Å². The fraction of sp³-hybridized carbons (Fsp3) is 0.273. The summed E-state index contributed by atoms with van der Waals surface area (Å²) in [6.45, 7) is -0.137. The summed E-state index contributed by atoms with van der Waals surface area (Å²) in [6.07, 6.45) is -1.96. The third-order valence-electron chi connectivity index (χ3n) is 5.21. The highest BCUT2D eigenvalue weighted by Gasteiger charge is 2.34. The topological polar surface area (TPSA) is 38.1 Å². The molecule has 1 heterocycles. The summed E-state index contributed by atoms with van der Waals surface area (Å²) in [6, 6.07) is 14.9. The van der Waals surface area contributed by atoms with Crippen molar-refractivity contribution < 1.29 is 18.0 Å². The first-order chi connectivity index (χ1) is 13.9. The standard InChI is InChI=1S/C22H20F3N3O/c1-27(14-15-8-5-6-12-18(15)22(23,24)25)21(29)20-17-11-7-13-19(17)28(26-20)16-9-3-2-4-10-16/h2-6,8-10,12H,7,11,13-14H2,1H3. The molecule has 29 heavy (non-hydrogen) atoms. The van der Waals surface area contributed by atoms with E-state index in [4.69, 9.17) is 0 Å². The van der Waals surface area contributed by atoms with E-state index in [9.17, 15) is 18.0 Å². The van der Waals surface area contributed by atoms with E-state index in [1.807, 2.05) is 30.3 Å². The summed E-state index contributed by atoms with van der Waals surface area (Å²) in [5.41, 5.74) is 2.44. The highest BCUT2D eigenvalue weighted by Crippen LogP contribution is 2.33. The van der Waals surface area contributed by atoms with E-state index in [0.29, 0.717) is 5.69 Å². The van der Waals surface area contributed by atoms with Crippen molar-refractivity contribution in [2.24, 2.45) is 0 Å². The molecule has 0 atom stereocenters. The van der Waals surface area contributed by atoms with Crippen LogP contribution in [0.25, 0.3) is 5.69 Å². The third kappa shape index (κ3) is 3.64. The van der Waals surface area contributed by atoms with E-state index in [0.717, 1.165) is 42.3 Å². The number of nitrogens with zero attached hydrogens (tertiary/aromatic N) is 3. The van der Waals surface area contributed by atoms with Crippen LogP contribution in [0.5, 0.6) is 0 Å². The Morgan fingerprint density at radius 3 is 2.48 bits per heavy atom. The van der Waals surface area contributed by atoms with E-state index >= 15 is 0 Å². The molecule has 0 unspecified atom stereocenters. The van der Waals surface area contributed by atoms with Crippen molar-refractivity contribution in [3.05, 3.63) is 82.7 Å². The Labute approximate surface area is 166 Å². The van der Waals surface area contributed by atoms with Crippen molar-refractivity contribution in [3.8, 4) is 5.69 Å². The van der Waals surface area contributed by atoms with Gasteiger partial charge in [0.1, 0.15) is 0 Å². The maximum atomic E-state index is 13.3. The molecule has 3 aromatic rings. The summed E-state index contributed by atoms with van der Waals surface area (Å²) in [7, 11) is 1.51. The van der Waals surface area contributed by atoms with E-state index < -0.39 is 11.7 Å². The molecule has 1 aliphatic rings. The van der Waals surface area contributed by atoms with Gasteiger partial charge in [0.25, 0.3) is 5.91 Å². The maximum Gasteiger partial charge on any atom is 0.416 e. The molecule has 150 valence electrons. The predicted octanol–water partition coefficient (Wildman–Crippen LogP) is 4.65. The minimum atomic E-state index is -4.46. The average molecular weight is 399 g/mol. The first-order valence-electron chi connectivity index (χ1n) is 9.43. The molecule has 0 saturated heterocycles. The van der Waals surface area contributed by atoms with Crippen LogP contribution < -0.4 is 0 Å². The lowest BCUT2D eigenvalue weighted by Gasteiger charge is -2.20. The van der Waals surface area contributed by atoms with Gasteiger partial charge < -0.3 is 4.90 Å². The lowest BCUT2D eigenvalue weighted by molar-refractivity contribution is -0.138. The first kappa shape index (κ1) is 19.2. The van der Waals surface area contributed by atoms with Crippen molar-refractivity contribution in [2.75, 3.05) is 7.05 Å². The second kappa shape index (κ2) is 7.39. The largest absolute Gasteiger partial charge is 0.416 e. The van der Waals surface area contributed by atoms with Gasteiger partial charge in [-0.15, -0.1) is 0 Å². The highest BCUT2D eigenvalue weighted by molar-refractivity contribution is 5.94. The molecule has 7 heteroatoms.